The maximum absolute atomic E-state index is 12.1. The number of thioether (sulfide) groups is 1. The van der Waals surface area contributed by atoms with E-state index in [2.05, 4.69) is 33.4 Å². The lowest BCUT2D eigenvalue weighted by atomic mass is 10.1. The van der Waals surface area contributed by atoms with E-state index in [1.165, 1.54) is 16.8 Å². The van der Waals surface area contributed by atoms with E-state index in [-0.39, 0.29) is 24.8 Å². The van der Waals surface area contributed by atoms with Crippen LogP contribution in [0.4, 0.5) is 5.69 Å². The van der Waals surface area contributed by atoms with Gasteiger partial charge in [-0.3, -0.25) is 4.99 Å². The number of aliphatic imine (C=N–C) groups is 1. The second-order valence-electron chi connectivity index (χ2n) is 6.39. The Labute approximate surface area is 169 Å². The molecular formula is C20H25N3O4S. The summed E-state index contributed by atoms with van der Waals surface area (Å²) in [7, 11) is 0. The van der Waals surface area contributed by atoms with Gasteiger partial charge in [-0.1, -0.05) is 6.07 Å². The van der Waals surface area contributed by atoms with Gasteiger partial charge >= 0.3 is 11.9 Å². The van der Waals surface area contributed by atoms with Crippen molar-refractivity contribution < 1.29 is 19.1 Å². The maximum atomic E-state index is 12.1. The monoisotopic (exact) mass is 403 g/mol. The van der Waals surface area contributed by atoms with E-state index in [1.807, 2.05) is 6.92 Å². The molecule has 8 heteroatoms. The smallest absolute Gasteiger partial charge is 0.347 e. The summed E-state index contributed by atoms with van der Waals surface area (Å²) in [6, 6.07) is 6.17. The Kier molecular flexibility index (Phi) is 6.61. The van der Waals surface area contributed by atoms with Crippen LogP contribution in [-0.4, -0.2) is 43.4 Å². The predicted octanol–water partition coefficient (Wildman–Crippen LogP) is 3.02. The standard InChI is InChI=1S/C20H25N3O4S/c1-4-26-18(24)15(19(25)27-5-2)12-22-13(3)14-7-8-16-17(11-14)28-20-21-9-6-10-23(16)20/h7-8,11-13,22H,4-6,9-10H2,1-3H3. The maximum Gasteiger partial charge on any atom is 0.347 e. The van der Waals surface area contributed by atoms with Gasteiger partial charge in [-0.15, -0.1) is 0 Å². The van der Waals surface area contributed by atoms with Crippen LogP contribution in [0, 0.1) is 0 Å². The Morgan fingerprint density at radius 3 is 2.68 bits per heavy atom. The molecule has 28 heavy (non-hydrogen) atoms. The van der Waals surface area contributed by atoms with E-state index in [0.717, 1.165) is 30.2 Å². The Morgan fingerprint density at radius 2 is 2.00 bits per heavy atom. The average Bonchev–Trinajstić information content (AvgIpc) is 3.06. The summed E-state index contributed by atoms with van der Waals surface area (Å²) in [5.41, 5.74) is 2.10. The number of fused-ring (bicyclic) bond motifs is 3. The lowest BCUT2D eigenvalue weighted by Gasteiger charge is -2.22. The number of hydrogen-bond acceptors (Lipinski definition) is 8. The van der Waals surface area contributed by atoms with E-state index in [4.69, 9.17) is 9.47 Å². The van der Waals surface area contributed by atoms with Crippen molar-refractivity contribution in [2.45, 2.75) is 38.1 Å². The molecule has 1 aromatic carbocycles. The number of nitrogens with one attached hydrogen (secondary N) is 1. The van der Waals surface area contributed by atoms with E-state index < -0.39 is 11.9 Å². The van der Waals surface area contributed by atoms with Crippen LogP contribution in [0.1, 0.15) is 38.8 Å². The molecule has 0 aliphatic carbocycles. The molecule has 3 rings (SSSR count). The van der Waals surface area contributed by atoms with Gasteiger partial charge in [0.25, 0.3) is 0 Å². The minimum absolute atomic E-state index is 0.107. The van der Waals surface area contributed by atoms with Crippen LogP contribution in [0.3, 0.4) is 0 Å². The first-order valence-corrected chi connectivity index (χ1v) is 10.3. The largest absolute Gasteiger partial charge is 0.462 e. The van der Waals surface area contributed by atoms with Gasteiger partial charge in [-0.2, -0.15) is 0 Å². The Hall–Kier alpha value is -2.48. The van der Waals surface area contributed by atoms with Crippen molar-refractivity contribution in [1.82, 2.24) is 5.32 Å². The summed E-state index contributed by atoms with van der Waals surface area (Å²) >= 11 is 1.68. The highest BCUT2D eigenvalue weighted by Crippen LogP contribution is 2.42. The van der Waals surface area contributed by atoms with Crippen LogP contribution in [0.25, 0.3) is 0 Å². The van der Waals surface area contributed by atoms with Gasteiger partial charge in [-0.25, -0.2) is 9.59 Å². The normalized spacial score (nSPS) is 15.7. The van der Waals surface area contributed by atoms with E-state index in [0.29, 0.717) is 0 Å². The molecule has 2 aliphatic rings. The van der Waals surface area contributed by atoms with Gasteiger partial charge in [0.15, 0.2) is 10.7 Å². The molecule has 1 N–H and O–H groups in total. The van der Waals surface area contributed by atoms with Gasteiger partial charge in [0.2, 0.25) is 0 Å². The topological polar surface area (TPSA) is 80.2 Å². The van der Waals surface area contributed by atoms with Crippen molar-refractivity contribution in [3.8, 4) is 0 Å². The molecule has 1 atom stereocenters. The van der Waals surface area contributed by atoms with Crippen LogP contribution >= 0.6 is 11.8 Å². The highest BCUT2D eigenvalue weighted by molar-refractivity contribution is 8.14. The van der Waals surface area contributed by atoms with Crippen molar-refractivity contribution in [2.75, 3.05) is 31.2 Å². The number of hydrogen-bond donors (Lipinski definition) is 1. The molecule has 0 saturated carbocycles. The van der Waals surface area contributed by atoms with Crippen LogP contribution in [0.2, 0.25) is 0 Å². The highest BCUT2D eigenvalue weighted by atomic mass is 32.2. The van der Waals surface area contributed by atoms with Crippen LogP contribution in [-0.2, 0) is 19.1 Å². The summed E-state index contributed by atoms with van der Waals surface area (Å²) < 4.78 is 9.91. The summed E-state index contributed by atoms with van der Waals surface area (Å²) in [4.78, 5) is 32.1. The lowest BCUT2D eigenvalue weighted by molar-refractivity contribution is -0.146. The van der Waals surface area contributed by atoms with Crippen molar-refractivity contribution in [3.63, 3.8) is 0 Å². The van der Waals surface area contributed by atoms with Crippen molar-refractivity contribution in [2.24, 2.45) is 4.99 Å². The summed E-state index contributed by atoms with van der Waals surface area (Å²) in [6.45, 7) is 7.61. The second kappa shape index (κ2) is 9.14. The second-order valence-corrected chi connectivity index (χ2v) is 7.40. The summed E-state index contributed by atoms with van der Waals surface area (Å²) in [6.07, 6.45) is 2.45. The molecule has 0 fully saturated rings. The fourth-order valence-corrected chi connectivity index (χ4v) is 4.15. The number of amidine groups is 1. The molecule has 1 unspecified atom stereocenters. The zero-order chi connectivity index (χ0) is 20.1. The average molecular weight is 404 g/mol. The third-order valence-electron chi connectivity index (χ3n) is 4.46. The fraction of sp³-hybridized carbons (Fsp3) is 0.450. The van der Waals surface area contributed by atoms with E-state index in [1.54, 1.807) is 25.6 Å². The number of benzene rings is 1. The molecule has 0 aromatic heterocycles. The minimum atomic E-state index is -0.694. The summed E-state index contributed by atoms with van der Waals surface area (Å²) in [5, 5.41) is 4.18. The first-order valence-electron chi connectivity index (χ1n) is 9.49. The third kappa shape index (κ3) is 4.32. The number of carbonyl (C=O) groups excluding carboxylic acids is 2. The predicted molar refractivity (Wildman–Crippen MR) is 109 cm³/mol. The van der Waals surface area contributed by atoms with Gasteiger partial charge < -0.3 is 19.7 Å². The first-order chi connectivity index (χ1) is 13.5. The molecule has 7 nitrogen and oxygen atoms in total. The highest BCUT2D eigenvalue weighted by Gasteiger charge is 2.28. The number of rotatable bonds is 7. The Balaban J connectivity index is 1.75. The lowest BCUT2D eigenvalue weighted by Crippen LogP contribution is -2.30. The van der Waals surface area contributed by atoms with E-state index >= 15 is 0 Å². The molecular weight excluding hydrogens is 378 g/mol. The first kappa shape index (κ1) is 20.3. The van der Waals surface area contributed by atoms with Crippen molar-refractivity contribution >= 4 is 34.6 Å². The Morgan fingerprint density at radius 1 is 1.29 bits per heavy atom. The molecule has 0 saturated heterocycles. The fourth-order valence-electron chi connectivity index (χ4n) is 3.02. The SMILES string of the molecule is CCOC(=O)C(=CNC(C)c1ccc2c(c1)SC1=NCCCN12)C(=O)OCC. The molecule has 0 bridgehead atoms. The molecule has 2 heterocycles. The quantitative estimate of drug-likeness (QED) is 0.324. The zero-order valence-corrected chi connectivity index (χ0v) is 17.2. The number of anilines is 1. The number of ether oxygens (including phenoxy) is 2. The molecule has 1 aromatic rings. The Bertz CT molecular complexity index is 802. The number of nitrogens with zero attached hydrogens (tertiary/aromatic N) is 2. The molecule has 0 amide bonds. The van der Waals surface area contributed by atoms with Crippen LogP contribution in [0.15, 0.2) is 39.9 Å². The molecule has 0 radical (unpaired) electrons. The zero-order valence-electron chi connectivity index (χ0n) is 16.4. The van der Waals surface area contributed by atoms with Crippen molar-refractivity contribution in [3.05, 3.63) is 35.5 Å². The third-order valence-corrected chi connectivity index (χ3v) is 5.54. The van der Waals surface area contributed by atoms with Gasteiger partial charge in [0.05, 0.1) is 18.9 Å². The van der Waals surface area contributed by atoms with E-state index in [9.17, 15) is 9.59 Å². The molecule has 2 aliphatic heterocycles. The number of carbonyl (C=O) groups is 2. The molecule has 150 valence electrons. The summed E-state index contributed by atoms with van der Waals surface area (Å²) in [5.74, 6) is -1.39. The van der Waals surface area contributed by atoms with Crippen molar-refractivity contribution in [1.29, 1.82) is 0 Å². The minimum Gasteiger partial charge on any atom is -0.462 e. The number of esters is 2. The van der Waals surface area contributed by atoms with Crippen LogP contribution < -0.4 is 10.2 Å². The van der Waals surface area contributed by atoms with Gasteiger partial charge in [0.1, 0.15) is 0 Å². The molecule has 0 spiro atoms. The van der Waals surface area contributed by atoms with Crippen LogP contribution in [0.5, 0.6) is 0 Å². The van der Waals surface area contributed by atoms with Gasteiger partial charge in [0, 0.05) is 30.2 Å². The van der Waals surface area contributed by atoms with Gasteiger partial charge in [-0.05, 0) is 56.7 Å².